The van der Waals surface area contributed by atoms with Gasteiger partial charge in [-0.2, -0.15) is 0 Å². The molecule has 18 heteroatoms. The number of amides is 3. The molecule has 1 aliphatic carbocycles. The number of hydrogen-bond acceptors (Lipinski definition) is 14. The monoisotopic (exact) mass is 1180 g/mol. The summed E-state index contributed by atoms with van der Waals surface area (Å²) >= 11 is 0. The van der Waals surface area contributed by atoms with Crippen LogP contribution in [-0.4, -0.2) is 161 Å². The lowest BCUT2D eigenvalue weighted by molar-refractivity contribution is -0.944. The number of cyclic esters (lactones) is 1. The van der Waals surface area contributed by atoms with Crippen molar-refractivity contribution in [2.24, 2.45) is 23.5 Å². The zero-order chi connectivity index (χ0) is 61.8. The molecule has 2 saturated heterocycles. The first-order valence-corrected chi connectivity index (χ1v) is 30.5. The molecule has 0 aromatic heterocycles. The summed E-state index contributed by atoms with van der Waals surface area (Å²) in [6.45, 7) is 20.5. The van der Waals surface area contributed by atoms with Gasteiger partial charge in [0.1, 0.15) is 24.9 Å². The van der Waals surface area contributed by atoms with E-state index in [2.05, 4.69) is 17.6 Å². The number of allylic oxidation sites excluding steroid dienone is 2. The molecule has 0 saturated carbocycles. The van der Waals surface area contributed by atoms with Crippen molar-refractivity contribution in [1.29, 1.82) is 0 Å². The van der Waals surface area contributed by atoms with Crippen molar-refractivity contribution >= 4 is 35.5 Å². The predicted molar refractivity (Wildman–Crippen MR) is 326 cm³/mol. The summed E-state index contributed by atoms with van der Waals surface area (Å²) in [4.78, 5) is 70.5. The van der Waals surface area contributed by atoms with Crippen LogP contribution in [0.1, 0.15) is 130 Å². The average Bonchev–Trinajstić information content (AvgIpc) is 3.50. The Balaban J connectivity index is 0.992. The van der Waals surface area contributed by atoms with Gasteiger partial charge in [-0.3, -0.25) is 19.3 Å². The van der Waals surface area contributed by atoms with Crippen LogP contribution in [-0.2, 0) is 49.4 Å². The molecule has 18 nitrogen and oxygen atoms in total. The molecule has 4 aliphatic rings. The Morgan fingerprint density at radius 1 is 0.965 bits per heavy atom. The molecule has 3 aromatic rings. The van der Waals surface area contributed by atoms with Crippen molar-refractivity contribution in [3.63, 3.8) is 0 Å². The molecule has 7 N–H and O–H groups in total. The zero-order valence-electron chi connectivity index (χ0n) is 51.5. The maximum absolute atomic E-state index is 14.3. The lowest BCUT2D eigenvalue weighted by Gasteiger charge is -2.45. The number of piperazine rings is 1. The van der Waals surface area contributed by atoms with Gasteiger partial charge in [-0.05, 0) is 98.4 Å². The number of ether oxygens (including phenoxy) is 5. The fraction of sp³-hybridized carbons (Fsp3) is 0.567. The number of epoxide rings is 1. The highest BCUT2D eigenvalue weighted by Crippen LogP contribution is 2.45. The van der Waals surface area contributed by atoms with E-state index in [1.807, 2.05) is 101 Å². The Hall–Kier alpha value is -6.25. The molecule has 3 heterocycles. The molecular weight excluding hydrogens is 1080 g/mol. The second kappa shape index (κ2) is 29.4. The van der Waals surface area contributed by atoms with E-state index in [0.717, 1.165) is 47.2 Å². The quantitative estimate of drug-likeness (QED) is 0.00996. The van der Waals surface area contributed by atoms with Gasteiger partial charge < -0.3 is 59.9 Å². The molecule has 2 fully saturated rings. The predicted octanol–water partition coefficient (Wildman–Crippen LogP) is 8.26. The number of nitrogens with one attached hydrogen (secondary N) is 2. The number of methoxy groups -OCH3 is 1. The minimum atomic E-state index is -1.68. The first-order chi connectivity index (χ1) is 40.4. The number of rotatable bonds is 23. The molecule has 0 bridgehead atoms. The molecule has 3 amide bonds. The number of aliphatic hydroxyl groups is 3. The molecule has 0 unspecified atom stereocenters. The van der Waals surface area contributed by atoms with E-state index >= 15 is 0 Å². The van der Waals surface area contributed by atoms with Crippen LogP contribution >= 0.6 is 0 Å². The smallest absolute Gasteiger partial charge is 0.410 e. The van der Waals surface area contributed by atoms with E-state index in [-0.39, 0.29) is 55.8 Å². The van der Waals surface area contributed by atoms with E-state index in [1.54, 1.807) is 69.2 Å². The number of nitrogens with zero attached hydrogens (tertiary/aromatic N) is 2. The van der Waals surface area contributed by atoms with Crippen LogP contribution in [0.2, 0.25) is 0 Å². The molecule has 464 valence electrons. The van der Waals surface area contributed by atoms with Gasteiger partial charge >= 0.3 is 18.0 Å². The van der Waals surface area contributed by atoms with Crippen LogP contribution in [0.3, 0.4) is 0 Å². The Labute approximate surface area is 502 Å². The van der Waals surface area contributed by atoms with Gasteiger partial charge in [-0.1, -0.05) is 133 Å². The van der Waals surface area contributed by atoms with Crippen molar-refractivity contribution in [1.82, 2.24) is 10.2 Å². The van der Waals surface area contributed by atoms with E-state index in [0.29, 0.717) is 61.3 Å². The highest BCUT2D eigenvalue weighted by atomic mass is 16.6. The molecule has 3 aromatic carbocycles. The number of hydrogen-bond donors (Lipinski definition) is 6. The second-order valence-corrected chi connectivity index (χ2v) is 24.9. The summed E-state index contributed by atoms with van der Waals surface area (Å²) in [7, 11) is 1.54. The number of carbonyl (C=O) groups excluding carboxylic acids is 5. The number of unbranched alkanes of at least 4 members (excludes halogenated alkanes) is 1. The number of aliphatic hydroxyl groups excluding tert-OH is 2. The SMILES string of the molecule is CCCC[N+]1(Cc2ccc(NC(=O)[C@@H](NC(=O)[C@@H](N)C(C)C)C(=O)OCC3c4ccccc4-c4ccccc43)cc2)CCN(C(=O)O[C@H]2/C=C/[C@H](C)[C@@H](/C(C)=C/C=C/[C@](C)(O)C[C@H]3O[C@@H]3[C@H](C)[C@@H](O)CC)OC(=O)C[C@H](O)CC[C@@]2(C)OC)CC1. The number of nitrogens with two attached hydrogens (primary N) is 1. The van der Waals surface area contributed by atoms with Gasteiger partial charge in [-0.25, -0.2) is 9.59 Å². The van der Waals surface area contributed by atoms with Crippen LogP contribution in [0.15, 0.2) is 109 Å². The molecular formula is C67H94N5O13+. The molecule has 7 rings (SSSR count). The Morgan fingerprint density at radius 3 is 2.22 bits per heavy atom. The molecule has 0 radical (unpaired) electrons. The van der Waals surface area contributed by atoms with Crippen LogP contribution in [0.25, 0.3) is 11.1 Å². The van der Waals surface area contributed by atoms with Crippen molar-refractivity contribution in [2.45, 2.75) is 180 Å². The number of esters is 2. The zero-order valence-corrected chi connectivity index (χ0v) is 51.5. The average molecular weight is 1180 g/mol. The lowest BCUT2D eigenvalue weighted by Crippen LogP contribution is -2.60. The largest absolute Gasteiger partial charge is 0.463 e. The molecule has 0 spiro atoms. The summed E-state index contributed by atoms with van der Waals surface area (Å²) in [5, 5.41) is 38.0. The van der Waals surface area contributed by atoms with Gasteiger partial charge in [0.05, 0.1) is 75.2 Å². The molecule has 3 aliphatic heterocycles. The van der Waals surface area contributed by atoms with Gasteiger partial charge in [0, 0.05) is 42.5 Å². The molecule has 12 atom stereocenters. The Bertz CT molecular complexity index is 2820. The summed E-state index contributed by atoms with van der Waals surface area (Å²) < 4.78 is 30.9. The van der Waals surface area contributed by atoms with Gasteiger partial charge in [0.25, 0.3) is 5.91 Å². The number of benzene rings is 3. The van der Waals surface area contributed by atoms with E-state index < -0.39 is 83.5 Å². The standard InChI is InChI=1S/C67H93N5O13/c1-11-13-35-72(40-46-25-27-47(28-26-46)69-63(77)59(70-62(76)58(68)42(3)4)64(78)82-41-53-51-22-16-14-20-49(51)50-21-15-17-23-52(50)53)36-33-71(34-37-72)65(79)84-56-29-24-44(6)60(85-57(75)38-48(73)30-32-67(56,9)81-10)43(5)19-18-31-66(8,80)39-55-61(83-55)45(7)54(74)12-2/h14-29,31,42,44-45,48,53-56,58-61,73-74,80H,11-13,30,32-41,68H2,1-10H3,(H-,69,70,76,77)/p+1/b29-24+,31-18+,43-19+/t44-,45+,48+,54-,55+,56-,58-,59+,60+,61+,66-,67+/m0/s1. The summed E-state index contributed by atoms with van der Waals surface area (Å²) in [5.74, 6) is -3.85. The summed E-state index contributed by atoms with van der Waals surface area (Å²) in [6, 6.07) is 20.7. The third-order valence-corrected chi connectivity index (χ3v) is 17.9. The van der Waals surface area contributed by atoms with Gasteiger partial charge in [0.15, 0.2) is 6.10 Å². The summed E-state index contributed by atoms with van der Waals surface area (Å²) in [6.07, 6.45) is 8.04. The van der Waals surface area contributed by atoms with Crippen LogP contribution in [0.5, 0.6) is 0 Å². The third-order valence-electron chi connectivity index (χ3n) is 17.9. The number of anilines is 1. The summed E-state index contributed by atoms with van der Waals surface area (Å²) in [5.41, 5.74) is 10.2. The minimum Gasteiger partial charge on any atom is -0.463 e. The number of quaternary nitrogens is 1. The van der Waals surface area contributed by atoms with E-state index in [1.165, 1.54) is 0 Å². The van der Waals surface area contributed by atoms with Crippen molar-refractivity contribution in [3.8, 4) is 11.1 Å². The highest BCUT2D eigenvalue weighted by molar-refractivity contribution is 6.10. The van der Waals surface area contributed by atoms with Crippen LogP contribution < -0.4 is 16.4 Å². The van der Waals surface area contributed by atoms with Crippen molar-refractivity contribution < 1.29 is 67.5 Å². The minimum absolute atomic E-state index is 0.0380. The maximum atomic E-state index is 14.3. The van der Waals surface area contributed by atoms with Crippen molar-refractivity contribution in [2.75, 3.05) is 51.8 Å². The fourth-order valence-corrected chi connectivity index (χ4v) is 12.0. The lowest BCUT2D eigenvalue weighted by atomic mass is 9.88. The third kappa shape index (κ3) is 17.3. The van der Waals surface area contributed by atoms with E-state index in [4.69, 9.17) is 29.4 Å². The van der Waals surface area contributed by atoms with Crippen LogP contribution in [0, 0.1) is 17.8 Å². The Kier molecular flexibility index (Phi) is 22.9. The van der Waals surface area contributed by atoms with Crippen molar-refractivity contribution in [3.05, 3.63) is 125 Å². The first kappa shape index (κ1) is 66.3. The first-order valence-electron chi connectivity index (χ1n) is 30.5. The second-order valence-electron chi connectivity index (χ2n) is 24.9. The maximum Gasteiger partial charge on any atom is 0.410 e. The Morgan fingerprint density at radius 2 is 1.61 bits per heavy atom. The highest BCUT2D eigenvalue weighted by Gasteiger charge is 2.48. The van der Waals surface area contributed by atoms with Gasteiger partial charge in [-0.15, -0.1) is 0 Å². The fourth-order valence-electron chi connectivity index (χ4n) is 12.0. The van der Waals surface area contributed by atoms with Gasteiger partial charge in [0.2, 0.25) is 11.9 Å². The van der Waals surface area contributed by atoms with E-state index in [9.17, 15) is 39.3 Å². The number of fused-ring (bicyclic) bond motifs is 3. The topological polar surface area (TPSA) is 249 Å². The van der Waals surface area contributed by atoms with Crippen LogP contribution in [0.4, 0.5) is 10.5 Å². The molecule has 85 heavy (non-hydrogen) atoms. The normalized spacial score (nSPS) is 26.0. The number of carbonyl (C=O) groups is 5.